The molecule has 0 amide bonds. The molecule has 0 aliphatic rings. The minimum atomic E-state index is -0.0242. The van der Waals surface area contributed by atoms with Crippen LogP contribution < -0.4 is 0 Å². The molecule has 0 bridgehead atoms. The highest BCUT2D eigenvalue weighted by atomic mass is 16.5. The van der Waals surface area contributed by atoms with Gasteiger partial charge in [-0.2, -0.15) is 0 Å². The van der Waals surface area contributed by atoms with E-state index < -0.39 is 0 Å². The second kappa shape index (κ2) is 6.02. The molecule has 0 fully saturated rings. The van der Waals surface area contributed by atoms with E-state index in [1.165, 1.54) is 0 Å². The highest BCUT2D eigenvalue weighted by Gasteiger charge is 2.20. The lowest BCUT2D eigenvalue weighted by Gasteiger charge is -2.12. The summed E-state index contributed by atoms with van der Waals surface area (Å²) in [7, 11) is 1.70. The highest BCUT2D eigenvalue weighted by Crippen LogP contribution is 2.24. The molecular weight excluding hydrogens is 242 g/mol. The van der Waals surface area contributed by atoms with Gasteiger partial charge < -0.3 is 9.15 Å². The largest absolute Gasteiger partial charge is 0.458 e. The van der Waals surface area contributed by atoms with Gasteiger partial charge in [0.25, 0.3) is 0 Å². The summed E-state index contributed by atoms with van der Waals surface area (Å²) in [4.78, 5) is 4.59. The molecule has 0 aliphatic carbocycles. The van der Waals surface area contributed by atoms with Crippen LogP contribution in [0.25, 0.3) is 11.6 Å². The first kappa shape index (κ1) is 13.8. The van der Waals surface area contributed by atoms with E-state index in [1.807, 2.05) is 23.7 Å². The first-order chi connectivity index (χ1) is 9.19. The molecule has 2 aromatic heterocycles. The zero-order valence-electron chi connectivity index (χ0n) is 12.0. The highest BCUT2D eigenvalue weighted by molar-refractivity contribution is 5.46. The Balaban J connectivity index is 2.39. The monoisotopic (exact) mass is 263 g/mol. The number of hydrogen-bond acceptors (Lipinski definition) is 4. The summed E-state index contributed by atoms with van der Waals surface area (Å²) < 4.78 is 13.0. The topological polar surface area (TPSA) is 53.1 Å². The van der Waals surface area contributed by atoms with Crippen LogP contribution in [0.15, 0.2) is 16.5 Å². The average Bonchev–Trinajstić information content (AvgIpc) is 2.99. The normalized spacial score (nSPS) is 12.8. The Morgan fingerprint density at radius 3 is 2.68 bits per heavy atom. The maximum atomic E-state index is 5.58. The number of aromatic nitrogens is 3. The van der Waals surface area contributed by atoms with Crippen molar-refractivity contribution in [3.63, 3.8) is 0 Å². The van der Waals surface area contributed by atoms with Crippen LogP contribution in [-0.2, 0) is 11.3 Å². The van der Waals surface area contributed by atoms with Crippen LogP contribution in [0.4, 0.5) is 0 Å². The van der Waals surface area contributed by atoms with Crippen molar-refractivity contribution in [2.45, 2.75) is 46.3 Å². The summed E-state index contributed by atoms with van der Waals surface area (Å²) >= 11 is 0. The van der Waals surface area contributed by atoms with E-state index in [4.69, 9.17) is 9.15 Å². The maximum Gasteiger partial charge on any atom is 0.217 e. The molecule has 104 valence electrons. The van der Waals surface area contributed by atoms with Crippen molar-refractivity contribution < 1.29 is 9.15 Å². The molecule has 0 aliphatic heterocycles. The van der Waals surface area contributed by atoms with Gasteiger partial charge in [-0.05, 0) is 31.9 Å². The van der Waals surface area contributed by atoms with Crippen LogP contribution in [0.3, 0.4) is 0 Å². The number of methoxy groups -OCH3 is 1. The van der Waals surface area contributed by atoms with E-state index in [0.717, 1.165) is 31.0 Å². The van der Waals surface area contributed by atoms with Gasteiger partial charge in [-0.15, -0.1) is 5.10 Å². The fourth-order valence-electron chi connectivity index (χ4n) is 2.08. The van der Waals surface area contributed by atoms with E-state index in [-0.39, 0.29) is 6.10 Å². The lowest BCUT2D eigenvalue weighted by molar-refractivity contribution is 0.0883. The van der Waals surface area contributed by atoms with Gasteiger partial charge in [0.2, 0.25) is 5.82 Å². The van der Waals surface area contributed by atoms with Gasteiger partial charge in [0.15, 0.2) is 11.6 Å². The number of nitrogens with zero attached hydrogens (tertiary/aromatic N) is 3. The molecule has 2 heterocycles. The molecule has 0 N–H and O–H groups in total. The summed E-state index contributed by atoms with van der Waals surface area (Å²) in [6, 6.07) is 3.82. The van der Waals surface area contributed by atoms with Crippen molar-refractivity contribution in [3.8, 4) is 11.6 Å². The molecule has 5 heteroatoms. The predicted molar refractivity (Wildman–Crippen MR) is 72.8 cm³/mol. The van der Waals surface area contributed by atoms with Crippen LogP contribution in [0.2, 0.25) is 0 Å². The average molecular weight is 263 g/mol. The van der Waals surface area contributed by atoms with Crippen LogP contribution in [0, 0.1) is 6.92 Å². The molecule has 0 aromatic carbocycles. The van der Waals surface area contributed by atoms with Crippen molar-refractivity contribution in [2.75, 3.05) is 7.11 Å². The lowest BCUT2D eigenvalue weighted by Crippen LogP contribution is -2.11. The molecule has 0 saturated heterocycles. The van der Waals surface area contributed by atoms with Crippen LogP contribution in [-0.4, -0.2) is 21.9 Å². The van der Waals surface area contributed by atoms with Crippen molar-refractivity contribution in [2.24, 2.45) is 0 Å². The molecule has 1 atom stereocenters. The van der Waals surface area contributed by atoms with Gasteiger partial charge in [0, 0.05) is 13.7 Å². The smallest absolute Gasteiger partial charge is 0.217 e. The van der Waals surface area contributed by atoms with Crippen molar-refractivity contribution >= 4 is 0 Å². The molecule has 0 spiro atoms. The third-order valence-corrected chi connectivity index (χ3v) is 3.04. The van der Waals surface area contributed by atoms with Crippen molar-refractivity contribution in [1.82, 2.24) is 14.8 Å². The van der Waals surface area contributed by atoms with Crippen LogP contribution >= 0.6 is 0 Å². The summed E-state index contributed by atoms with van der Waals surface area (Å²) in [5.41, 5.74) is 0. The Kier molecular flexibility index (Phi) is 4.37. The maximum absolute atomic E-state index is 5.58. The predicted octanol–water partition coefficient (Wildman–Crippen LogP) is 3.35. The Bertz CT molecular complexity index is 527. The number of rotatable bonds is 6. The van der Waals surface area contributed by atoms with Gasteiger partial charge >= 0.3 is 0 Å². The van der Waals surface area contributed by atoms with Gasteiger partial charge in [-0.1, -0.05) is 13.8 Å². The molecule has 2 rings (SSSR count). The first-order valence-corrected chi connectivity index (χ1v) is 6.73. The molecule has 0 radical (unpaired) electrons. The minimum Gasteiger partial charge on any atom is -0.458 e. The molecule has 5 nitrogen and oxygen atoms in total. The summed E-state index contributed by atoms with van der Waals surface area (Å²) in [5.74, 6) is 3.07. The summed E-state index contributed by atoms with van der Waals surface area (Å²) in [5, 5.41) is 4.53. The Morgan fingerprint density at radius 1 is 1.37 bits per heavy atom. The number of ether oxygens (including phenoxy) is 1. The number of aryl methyl sites for hydroxylation is 2. The fourth-order valence-corrected chi connectivity index (χ4v) is 2.08. The zero-order chi connectivity index (χ0) is 13.8. The van der Waals surface area contributed by atoms with E-state index in [1.54, 1.807) is 7.11 Å². The third kappa shape index (κ3) is 2.87. The fraction of sp³-hybridized carbons (Fsp3) is 0.571. The van der Waals surface area contributed by atoms with Gasteiger partial charge in [-0.3, -0.25) is 0 Å². The molecule has 2 aromatic rings. The van der Waals surface area contributed by atoms with Gasteiger partial charge in [0.1, 0.15) is 11.9 Å². The first-order valence-electron chi connectivity index (χ1n) is 6.73. The lowest BCUT2D eigenvalue weighted by atomic mass is 10.2. The van der Waals surface area contributed by atoms with Crippen molar-refractivity contribution in [3.05, 3.63) is 23.7 Å². The molecule has 19 heavy (non-hydrogen) atoms. The van der Waals surface area contributed by atoms with Crippen LogP contribution in [0.5, 0.6) is 0 Å². The number of hydrogen-bond donors (Lipinski definition) is 0. The molecule has 0 unspecified atom stereocenters. The minimum absolute atomic E-state index is 0.0242. The van der Waals surface area contributed by atoms with E-state index in [2.05, 4.69) is 23.9 Å². The van der Waals surface area contributed by atoms with Gasteiger partial charge in [-0.25, -0.2) is 9.67 Å². The van der Waals surface area contributed by atoms with E-state index in [0.29, 0.717) is 11.6 Å². The SMILES string of the molecule is CCCn1nc(-c2ccc(C)o2)nc1[C@H](CC)OC. The molecule has 0 saturated carbocycles. The second-order valence-corrected chi connectivity index (χ2v) is 4.56. The van der Waals surface area contributed by atoms with E-state index >= 15 is 0 Å². The molecular formula is C14H21N3O2. The Hall–Kier alpha value is -1.62. The zero-order valence-corrected chi connectivity index (χ0v) is 12.0. The third-order valence-electron chi connectivity index (χ3n) is 3.04. The number of furan rings is 1. The van der Waals surface area contributed by atoms with Crippen molar-refractivity contribution in [1.29, 1.82) is 0 Å². The second-order valence-electron chi connectivity index (χ2n) is 4.56. The quantitative estimate of drug-likeness (QED) is 0.802. The Labute approximate surface area is 113 Å². The van der Waals surface area contributed by atoms with Crippen LogP contribution in [0.1, 0.15) is 44.4 Å². The Morgan fingerprint density at radius 2 is 2.16 bits per heavy atom. The van der Waals surface area contributed by atoms with E-state index in [9.17, 15) is 0 Å². The standard InChI is InChI=1S/C14H21N3O2/c1-5-9-17-14(11(6-2)18-4)15-13(16-17)12-8-7-10(3)19-12/h7-8,11H,5-6,9H2,1-4H3/t11-/m0/s1. The summed E-state index contributed by atoms with van der Waals surface area (Å²) in [6.45, 7) is 6.95. The van der Waals surface area contributed by atoms with Gasteiger partial charge in [0.05, 0.1) is 0 Å². The summed E-state index contributed by atoms with van der Waals surface area (Å²) in [6.07, 6.45) is 1.85.